The van der Waals surface area contributed by atoms with Gasteiger partial charge in [0.1, 0.15) is 11.2 Å². The number of pyridine rings is 1. The van der Waals surface area contributed by atoms with Crippen LogP contribution in [0.5, 0.6) is 0 Å². The molecule has 136 valence electrons. The van der Waals surface area contributed by atoms with Crippen LogP contribution in [0.4, 0.5) is 24.9 Å². The van der Waals surface area contributed by atoms with Crippen molar-refractivity contribution in [3.63, 3.8) is 0 Å². The van der Waals surface area contributed by atoms with Gasteiger partial charge in [0.25, 0.3) is 0 Å². The molecule has 0 saturated carbocycles. The van der Waals surface area contributed by atoms with Gasteiger partial charge < -0.3 is 16.0 Å². The van der Waals surface area contributed by atoms with Crippen LogP contribution in [0.1, 0.15) is 32.4 Å². The van der Waals surface area contributed by atoms with Crippen LogP contribution in [-0.4, -0.2) is 40.1 Å². The summed E-state index contributed by atoms with van der Waals surface area (Å²) in [5.41, 5.74) is -0.577. The zero-order chi connectivity index (χ0) is 18.0. The number of piperidine rings is 1. The summed E-state index contributed by atoms with van der Waals surface area (Å²) in [6.45, 7) is 5.47. The highest BCUT2D eigenvalue weighted by atomic mass is 19.4. The highest BCUT2D eigenvalue weighted by Gasteiger charge is 2.33. The van der Waals surface area contributed by atoms with Crippen LogP contribution in [-0.2, 0) is 6.18 Å². The number of hydrogen-bond acceptors (Lipinski definition) is 6. The highest BCUT2D eigenvalue weighted by Crippen LogP contribution is 2.32. The predicted octanol–water partition coefficient (Wildman–Crippen LogP) is 3.03. The van der Waals surface area contributed by atoms with Crippen molar-refractivity contribution in [2.45, 2.75) is 44.9 Å². The molecule has 2 aromatic heterocycles. The first-order chi connectivity index (χ1) is 11.8. The van der Waals surface area contributed by atoms with E-state index in [2.05, 4.69) is 30.9 Å². The number of rotatable bonds is 4. The van der Waals surface area contributed by atoms with Crippen molar-refractivity contribution < 1.29 is 13.2 Å². The van der Waals surface area contributed by atoms with Gasteiger partial charge in [-0.2, -0.15) is 13.2 Å². The van der Waals surface area contributed by atoms with Gasteiger partial charge in [-0.1, -0.05) is 0 Å². The summed E-state index contributed by atoms with van der Waals surface area (Å²) in [6.07, 6.45) is -1.06. The van der Waals surface area contributed by atoms with Gasteiger partial charge in [-0.25, -0.2) is 15.0 Å². The molecule has 3 N–H and O–H groups in total. The third kappa shape index (κ3) is 4.28. The molecule has 1 aliphatic heterocycles. The monoisotopic (exact) mass is 354 g/mol. The molecule has 6 nitrogen and oxygen atoms in total. The molecule has 3 heterocycles. The number of anilines is 2. The standard InChI is InChI=1S/C16H21F3N6/c1-9(2)22-14-13-10(6-12(24-14)16(17,18)19)7-21-15(25-13)23-11-4-3-5-20-8-11/h6-7,9,11,20H,3-5,8H2,1-2H3,(H,22,24)(H,21,23,25). The normalized spacial score (nSPS) is 18.6. The van der Waals surface area contributed by atoms with Crippen LogP contribution < -0.4 is 16.0 Å². The summed E-state index contributed by atoms with van der Waals surface area (Å²) < 4.78 is 39.2. The molecule has 1 fully saturated rings. The minimum Gasteiger partial charge on any atom is -0.366 e. The molecule has 0 spiro atoms. The van der Waals surface area contributed by atoms with Gasteiger partial charge in [0, 0.05) is 30.2 Å². The number of fused-ring (bicyclic) bond motifs is 1. The maximum Gasteiger partial charge on any atom is 0.433 e. The van der Waals surface area contributed by atoms with Crippen LogP contribution >= 0.6 is 0 Å². The Morgan fingerprint density at radius 1 is 1.28 bits per heavy atom. The maximum absolute atomic E-state index is 13.1. The quantitative estimate of drug-likeness (QED) is 0.784. The van der Waals surface area contributed by atoms with Gasteiger partial charge in [-0.3, -0.25) is 0 Å². The average Bonchev–Trinajstić information content (AvgIpc) is 2.54. The Labute approximate surface area is 143 Å². The second-order valence-corrected chi connectivity index (χ2v) is 6.47. The largest absolute Gasteiger partial charge is 0.433 e. The third-order valence-electron chi connectivity index (χ3n) is 3.91. The maximum atomic E-state index is 13.1. The molecule has 0 radical (unpaired) electrons. The molecule has 0 aromatic carbocycles. The fourth-order valence-electron chi connectivity index (χ4n) is 2.79. The lowest BCUT2D eigenvalue weighted by Crippen LogP contribution is -2.38. The molecule has 2 aromatic rings. The lowest BCUT2D eigenvalue weighted by Gasteiger charge is -2.24. The number of halogens is 3. The smallest absolute Gasteiger partial charge is 0.366 e. The minimum absolute atomic E-state index is 0.0758. The zero-order valence-corrected chi connectivity index (χ0v) is 14.1. The minimum atomic E-state index is -4.52. The summed E-state index contributed by atoms with van der Waals surface area (Å²) in [5.74, 6) is 0.515. The molecule has 25 heavy (non-hydrogen) atoms. The number of aromatic nitrogens is 3. The Balaban J connectivity index is 1.98. The number of hydrogen-bond donors (Lipinski definition) is 3. The Kier molecular flexibility index (Phi) is 4.94. The topological polar surface area (TPSA) is 74.8 Å². The third-order valence-corrected chi connectivity index (χ3v) is 3.91. The zero-order valence-electron chi connectivity index (χ0n) is 14.1. The van der Waals surface area contributed by atoms with Crippen molar-refractivity contribution in [1.29, 1.82) is 0 Å². The Bertz CT molecular complexity index is 740. The molecule has 1 aliphatic rings. The van der Waals surface area contributed by atoms with Crippen molar-refractivity contribution >= 4 is 22.7 Å². The van der Waals surface area contributed by atoms with E-state index in [9.17, 15) is 13.2 Å². The Morgan fingerprint density at radius 3 is 2.72 bits per heavy atom. The van der Waals surface area contributed by atoms with E-state index < -0.39 is 11.9 Å². The van der Waals surface area contributed by atoms with Crippen molar-refractivity contribution in [3.05, 3.63) is 18.0 Å². The first kappa shape index (κ1) is 17.7. The molecule has 0 amide bonds. The molecular formula is C16H21F3N6. The van der Waals surface area contributed by atoms with Gasteiger partial charge in [0.15, 0.2) is 5.82 Å². The Hall–Kier alpha value is -2.16. The number of nitrogens with zero attached hydrogens (tertiary/aromatic N) is 3. The molecule has 0 bridgehead atoms. The van der Waals surface area contributed by atoms with E-state index in [4.69, 9.17) is 0 Å². The second kappa shape index (κ2) is 6.99. The van der Waals surface area contributed by atoms with Crippen LogP contribution in [0.15, 0.2) is 12.3 Å². The van der Waals surface area contributed by atoms with Gasteiger partial charge in [0.05, 0.1) is 0 Å². The average molecular weight is 354 g/mol. The summed E-state index contributed by atoms with van der Waals surface area (Å²) in [7, 11) is 0. The van der Waals surface area contributed by atoms with Crippen LogP contribution in [0.25, 0.3) is 10.9 Å². The first-order valence-corrected chi connectivity index (χ1v) is 8.31. The molecule has 0 aliphatic carbocycles. The van der Waals surface area contributed by atoms with Crippen molar-refractivity contribution in [1.82, 2.24) is 20.3 Å². The number of alkyl halides is 3. The lowest BCUT2D eigenvalue weighted by atomic mass is 10.1. The Morgan fingerprint density at radius 2 is 2.08 bits per heavy atom. The van der Waals surface area contributed by atoms with E-state index in [1.807, 2.05) is 13.8 Å². The van der Waals surface area contributed by atoms with Crippen LogP contribution in [0.2, 0.25) is 0 Å². The van der Waals surface area contributed by atoms with E-state index >= 15 is 0 Å². The second-order valence-electron chi connectivity index (χ2n) is 6.47. The SMILES string of the molecule is CC(C)Nc1nc(C(F)(F)F)cc2cnc(NC3CCCNC3)nc12. The molecular weight excluding hydrogens is 333 g/mol. The van der Waals surface area contributed by atoms with E-state index in [1.54, 1.807) is 0 Å². The fraction of sp³-hybridized carbons (Fsp3) is 0.562. The van der Waals surface area contributed by atoms with E-state index in [1.165, 1.54) is 6.20 Å². The molecule has 9 heteroatoms. The van der Waals surface area contributed by atoms with Crippen molar-refractivity contribution in [2.75, 3.05) is 23.7 Å². The van der Waals surface area contributed by atoms with E-state index in [-0.39, 0.29) is 17.9 Å². The van der Waals surface area contributed by atoms with Crippen molar-refractivity contribution in [2.24, 2.45) is 0 Å². The highest BCUT2D eigenvalue weighted by molar-refractivity contribution is 5.89. The summed E-state index contributed by atoms with van der Waals surface area (Å²) in [5, 5.41) is 9.78. The molecule has 3 rings (SSSR count). The molecule has 1 unspecified atom stereocenters. The van der Waals surface area contributed by atoms with Crippen molar-refractivity contribution in [3.8, 4) is 0 Å². The molecule has 1 atom stereocenters. The predicted molar refractivity (Wildman–Crippen MR) is 90.6 cm³/mol. The van der Waals surface area contributed by atoms with Gasteiger partial charge in [-0.05, 0) is 39.3 Å². The van der Waals surface area contributed by atoms with E-state index in [0.717, 1.165) is 32.0 Å². The van der Waals surface area contributed by atoms with Gasteiger partial charge in [0.2, 0.25) is 5.95 Å². The summed E-state index contributed by atoms with van der Waals surface area (Å²) >= 11 is 0. The van der Waals surface area contributed by atoms with E-state index in [0.29, 0.717) is 16.9 Å². The van der Waals surface area contributed by atoms with Crippen LogP contribution in [0.3, 0.4) is 0 Å². The summed E-state index contributed by atoms with van der Waals surface area (Å²) in [4.78, 5) is 12.3. The van der Waals surface area contributed by atoms with Crippen LogP contribution in [0, 0.1) is 0 Å². The first-order valence-electron chi connectivity index (χ1n) is 8.31. The number of nitrogens with one attached hydrogen (secondary N) is 3. The summed E-state index contributed by atoms with van der Waals surface area (Å²) in [6, 6.07) is 1.11. The fourth-order valence-corrected chi connectivity index (χ4v) is 2.79. The van der Waals surface area contributed by atoms with Gasteiger partial charge >= 0.3 is 6.18 Å². The lowest BCUT2D eigenvalue weighted by molar-refractivity contribution is -0.141. The van der Waals surface area contributed by atoms with Gasteiger partial charge in [-0.15, -0.1) is 0 Å². The molecule has 1 saturated heterocycles.